The lowest BCUT2D eigenvalue weighted by atomic mass is 10.1. The van der Waals surface area contributed by atoms with Crippen molar-refractivity contribution in [1.82, 2.24) is 4.90 Å². The van der Waals surface area contributed by atoms with E-state index in [0.717, 1.165) is 0 Å². The molecule has 0 aromatic heterocycles. The highest BCUT2D eigenvalue weighted by atomic mass is 79.9. The van der Waals surface area contributed by atoms with Crippen LogP contribution in [0.25, 0.3) is 0 Å². The van der Waals surface area contributed by atoms with Crippen molar-refractivity contribution >= 4 is 27.8 Å². The molecule has 2 rings (SSSR count). The molecule has 1 heterocycles. The van der Waals surface area contributed by atoms with Crippen LogP contribution in [0.3, 0.4) is 0 Å². The Hall–Kier alpha value is -1.36. The summed E-state index contributed by atoms with van der Waals surface area (Å²) in [4.78, 5) is 24.3. The third-order valence-corrected chi connectivity index (χ3v) is 3.68. The largest absolute Gasteiger partial charge is 0.479 e. The minimum absolute atomic E-state index is 0.152. The molecule has 1 aliphatic heterocycles. The predicted octanol–water partition coefficient (Wildman–Crippen LogP) is 1.81. The van der Waals surface area contributed by atoms with Crippen molar-refractivity contribution in [2.45, 2.75) is 17.3 Å². The van der Waals surface area contributed by atoms with Crippen LogP contribution in [0.15, 0.2) is 30.3 Å². The van der Waals surface area contributed by atoms with E-state index in [1.165, 1.54) is 4.90 Å². The van der Waals surface area contributed by atoms with Gasteiger partial charge in [0.25, 0.3) is 0 Å². The number of carboxylic acids is 1. The summed E-state index contributed by atoms with van der Waals surface area (Å²) in [5, 5.41) is 9.28. The first-order valence-corrected chi connectivity index (χ1v) is 6.25. The van der Waals surface area contributed by atoms with E-state index in [1.54, 1.807) is 24.3 Å². The molecule has 1 N–H and O–H groups in total. The van der Waals surface area contributed by atoms with Gasteiger partial charge in [-0.25, -0.2) is 4.79 Å². The Balaban J connectivity index is 2.31. The third kappa shape index (κ3) is 2.34. The molecule has 4 nitrogen and oxygen atoms in total. The van der Waals surface area contributed by atoms with Crippen molar-refractivity contribution in [3.63, 3.8) is 0 Å². The predicted molar refractivity (Wildman–Crippen MR) is 65.9 cm³/mol. The van der Waals surface area contributed by atoms with Crippen molar-refractivity contribution < 1.29 is 14.7 Å². The molecule has 0 bridgehead atoms. The molecule has 1 saturated heterocycles. The standard InChI is InChI=1S/C12H12BrNO3/c13-9-6-7-14(11(9)15)10(12(16)17)8-4-2-1-3-5-8/h1-5,9-10H,6-7H2,(H,16,17). The second kappa shape index (κ2) is 4.87. The molecule has 2 atom stereocenters. The summed E-state index contributed by atoms with van der Waals surface area (Å²) < 4.78 is 0. The minimum Gasteiger partial charge on any atom is -0.479 e. The van der Waals surface area contributed by atoms with E-state index in [1.807, 2.05) is 6.07 Å². The number of hydrogen-bond acceptors (Lipinski definition) is 2. The van der Waals surface area contributed by atoms with E-state index in [2.05, 4.69) is 15.9 Å². The topological polar surface area (TPSA) is 57.6 Å². The molecule has 1 aliphatic rings. The van der Waals surface area contributed by atoms with Gasteiger partial charge in [-0.3, -0.25) is 4.79 Å². The Bertz CT molecular complexity index is 435. The van der Waals surface area contributed by atoms with Gasteiger partial charge in [0.2, 0.25) is 5.91 Å². The second-order valence-electron chi connectivity index (χ2n) is 3.94. The molecule has 5 heteroatoms. The number of amides is 1. The summed E-state index contributed by atoms with van der Waals surface area (Å²) in [5.74, 6) is -1.15. The van der Waals surface area contributed by atoms with E-state index >= 15 is 0 Å². The van der Waals surface area contributed by atoms with Crippen molar-refractivity contribution in [3.8, 4) is 0 Å². The van der Waals surface area contributed by atoms with E-state index in [4.69, 9.17) is 0 Å². The minimum atomic E-state index is -0.994. The highest BCUT2D eigenvalue weighted by Crippen LogP contribution is 2.29. The summed E-state index contributed by atoms with van der Waals surface area (Å²) in [6.07, 6.45) is 0.648. The molecule has 0 spiro atoms. The molecular formula is C12H12BrNO3. The third-order valence-electron chi connectivity index (χ3n) is 2.84. The van der Waals surface area contributed by atoms with E-state index in [9.17, 15) is 14.7 Å². The smallest absolute Gasteiger partial charge is 0.331 e. The first kappa shape index (κ1) is 12.1. The second-order valence-corrected chi connectivity index (χ2v) is 5.04. The monoisotopic (exact) mass is 297 g/mol. The van der Waals surface area contributed by atoms with Gasteiger partial charge in [0.05, 0.1) is 4.83 Å². The Morgan fingerprint density at radius 1 is 1.41 bits per heavy atom. The van der Waals surface area contributed by atoms with Crippen LogP contribution in [0.2, 0.25) is 0 Å². The van der Waals surface area contributed by atoms with Gasteiger partial charge in [0.1, 0.15) is 0 Å². The fourth-order valence-electron chi connectivity index (χ4n) is 2.01. The number of carboxylic acid groups (broad SMARTS) is 1. The van der Waals surface area contributed by atoms with Crippen molar-refractivity contribution in [1.29, 1.82) is 0 Å². The summed E-state index contributed by atoms with van der Waals surface area (Å²) in [6.45, 7) is 0.473. The Morgan fingerprint density at radius 2 is 2.06 bits per heavy atom. The highest BCUT2D eigenvalue weighted by Gasteiger charge is 2.38. The normalized spacial score (nSPS) is 21.6. The van der Waals surface area contributed by atoms with Gasteiger partial charge < -0.3 is 10.0 Å². The molecule has 17 heavy (non-hydrogen) atoms. The lowest BCUT2D eigenvalue weighted by Gasteiger charge is -2.24. The van der Waals surface area contributed by atoms with E-state index in [-0.39, 0.29) is 10.7 Å². The van der Waals surface area contributed by atoms with Gasteiger partial charge in [-0.1, -0.05) is 46.3 Å². The van der Waals surface area contributed by atoms with Crippen LogP contribution in [0, 0.1) is 0 Å². The molecular weight excluding hydrogens is 286 g/mol. The first-order chi connectivity index (χ1) is 8.11. The van der Waals surface area contributed by atoms with E-state index in [0.29, 0.717) is 18.5 Å². The maximum atomic E-state index is 11.8. The molecule has 0 aliphatic carbocycles. The van der Waals surface area contributed by atoms with Crippen LogP contribution >= 0.6 is 15.9 Å². The van der Waals surface area contributed by atoms with Crippen LogP contribution in [0.5, 0.6) is 0 Å². The lowest BCUT2D eigenvalue weighted by Crippen LogP contribution is -2.36. The number of likely N-dealkylation sites (tertiary alicyclic amines) is 1. The fraction of sp³-hybridized carbons (Fsp3) is 0.333. The SMILES string of the molecule is O=C(O)C(c1ccccc1)N1CCC(Br)C1=O. The number of nitrogens with zero attached hydrogens (tertiary/aromatic N) is 1. The Morgan fingerprint density at radius 3 is 2.53 bits per heavy atom. The number of aliphatic carboxylic acids is 1. The molecule has 2 unspecified atom stereocenters. The highest BCUT2D eigenvalue weighted by molar-refractivity contribution is 9.10. The summed E-state index contributed by atoms with van der Waals surface area (Å²) in [6, 6.07) is 7.95. The summed E-state index contributed by atoms with van der Waals surface area (Å²) in [5.41, 5.74) is 0.634. The zero-order valence-electron chi connectivity index (χ0n) is 9.04. The van der Waals surface area contributed by atoms with Gasteiger partial charge in [-0.2, -0.15) is 0 Å². The summed E-state index contributed by atoms with van der Waals surface area (Å²) >= 11 is 3.25. The number of carbonyl (C=O) groups is 2. The zero-order chi connectivity index (χ0) is 12.4. The van der Waals surface area contributed by atoms with Gasteiger partial charge in [0, 0.05) is 6.54 Å². The van der Waals surface area contributed by atoms with Crippen LogP contribution in [0.1, 0.15) is 18.0 Å². The van der Waals surface area contributed by atoms with Gasteiger partial charge in [-0.15, -0.1) is 0 Å². The Kier molecular flexibility index (Phi) is 3.47. The average molecular weight is 298 g/mol. The quantitative estimate of drug-likeness (QED) is 0.866. The molecule has 1 aromatic rings. The fourth-order valence-corrected chi connectivity index (χ4v) is 2.48. The first-order valence-electron chi connectivity index (χ1n) is 5.33. The Labute approximate surface area is 107 Å². The molecule has 90 valence electrons. The van der Waals surface area contributed by atoms with Gasteiger partial charge in [-0.05, 0) is 12.0 Å². The molecule has 1 amide bonds. The number of hydrogen-bond donors (Lipinski definition) is 1. The number of halogens is 1. The number of benzene rings is 1. The van der Waals surface area contributed by atoms with Gasteiger partial charge >= 0.3 is 5.97 Å². The maximum absolute atomic E-state index is 11.8. The molecule has 0 radical (unpaired) electrons. The van der Waals surface area contributed by atoms with Crippen molar-refractivity contribution in [3.05, 3.63) is 35.9 Å². The van der Waals surface area contributed by atoms with Gasteiger partial charge in [0.15, 0.2) is 6.04 Å². The van der Waals surface area contributed by atoms with Crippen LogP contribution in [0.4, 0.5) is 0 Å². The van der Waals surface area contributed by atoms with Crippen LogP contribution in [-0.2, 0) is 9.59 Å². The van der Waals surface area contributed by atoms with Crippen LogP contribution in [-0.4, -0.2) is 33.3 Å². The van der Waals surface area contributed by atoms with Crippen LogP contribution < -0.4 is 0 Å². The lowest BCUT2D eigenvalue weighted by molar-refractivity contribution is -0.148. The number of alkyl halides is 1. The molecule has 1 fully saturated rings. The van der Waals surface area contributed by atoms with Crippen molar-refractivity contribution in [2.75, 3.05) is 6.54 Å². The average Bonchev–Trinajstić information content (AvgIpc) is 2.63. The van der Waals surface area contributed by atoms with Crippen molar-refractivity contribution in [2.24, 2.45) is 0 Å². The zero-order valence-corrected chi connectivity index (χ0v) is 10.6. The summed E-state index contributed by atoms with van der Waals surface area (Å²) in [7, 11) is 0. The maximum Gasteiger partial charge on any atom is 0.331 e. The van der Waals surface area contributed by atoms with E-state index < -0.39 is 12.0 Å². The number of rotatable bonds is 3. The molecule has 0 saturated carbocycles. The molecule has 1 aromatic carbocycles. The number of carbonyl (C=O) groups excluding carboxylic acids is 1.